The van der Waals surface area contributed by atoms with Crippen molar-refractivity contribution in [2.24, 2.45) is 5.10 Å². The Morgan fingerprint density at radius 2 is 1.69 bits per heavy atom. The predicted octanol–water partition coefficient (Wildman–Crippen LogP) is 6.66. The van der Waals surface area contributed by atoms with Crippen LogP contribution in [-0.2, 0) is 4.79 Å². The lowest BCUT2D eigenvalue weighted by Crippen LogP contribution is -2.21. The molecule has 36 heavy (non-hydrogen) atoms. The zero-order valence-electron chi connectivity index (χ0n) is 19.8. The third kappa shape index (κ3) is 7.56. The number of nitrogens with one attached hydrogen (secondary N) is 2. The maximum atomic E-state index is 12.5. The molecular formula is C26H24Br2ClN3O4. The number of carbonyl (C=O) groups excluding carboxylic acids is 2. The first kappa shape index (κ1) is 27.7. The summed E-state index contributed by atoms with van der Waals surface area (Å²) in [4.78, 5) is 24.8. The molecule has 0 aliphatic rings. The lowest BCUT2D eigenvalue weighted by atomic mass is 10.1. The van der Waals surface area contributed by atoms with Gasteiger partial charge in [0.1, 0.15) is 0 Å². The summed E-state index contributed by atoms with van der Waals surface area (Å²) in [6.07, 6.45) is 1.48. The van der Waals surface area contributed by atoms with Crippen LogP contribution in [0.1, 0.15) is 34.0 Å². The summed E-state index contributed by atoms with van der Waals surface area (Å²) < 4.78 is 12.9. The Kier molecular flexibility index (Phi) is 9.92. The van der Waals surface area contributed by atoms with E-state index in [9.17, 15) is 9.59 Å². The van der Waals surface area contributed by atoms with E-state index in [0.29, 0.717) is 44.4 Å². The number of amides is 2. The highest BCUT2D eigenvalue weighted by Crippen LogP contribution is 2.36. The molecule has 0 radical (unpaired) electrons. The molecule has 0 spiro atoms. The monoisotopic (exact) mass is 635 g/mol. The number of ether oxygens (including phenoxy) is 2. The predicted molar refractivity (Wildman–Crippen MR) is 150 cm³/mol. The lowest BCUT2D eigenvalue weighted by Gasteiger charge is -2.15. The summed E-state index contributed by atoms with van der Waals surface area (Å²) >= 11 is 12.8. The van der Waals surface area contributed by atoms with E-state index in [1.165, 1.54) is 6.21 Å². The molecule has 0 unspecified atom stereocenters. The minimum Gasteiger partial charge on any atom is -0.490 e. The fourth-order valence-corrected chi connectivity index (χ4v) is 4.35. The van der Waals surface area contributed by atoms with Gasteiger partial charge in [0.2, 0.25) is 0 Å². The van der Waals surface area contributed by atoms with E-state index < -0.39 is 0 Å². The standard InChI is InChI=1S/C26H24Br2ClN3O4/c1-4-35-23-12-17(13-30-32-26(34)18-5-7-19(29)8-6-18)11-21(28)25(23)36-14-24(33)31-22-10-16(3)15(2)9-20(22)27/h5-13H,4,14H2,1-3H3,(H,31,33)(H,32,34)/b30-13+. The van der Waals surface area contributed by atoms with Crippen molar-refractivity contribution in [2.75, 3.05) is 18.5 Å². The minimum atomic E-state index is -0.367. The molecule has 0 saturated carbocycles. The van der Waals surface area contributed by atoms with Gasteiger partial charge in [-0.1, -0.05) is 11.6 Å². The molecule has 3 rings (SSSR count). The van der Waals surface area contributed by atoms with Gasteiger partial charge in [-0.15, -0.1) is 0 Å². The van der Waals surface area contributed by atoms with Gasteiger partial charge in [0.15, 0.2) is 18.1 Å². The second-order valence-electron chi connectivity index (χ2n) is 7.72. The van der Waals surface area contributed by atoms with Gasteiger partial charge in [-0.2, -0.15) is 5.10 Å². The van der Waals surface area contributed by atoms with Crippen LogP contribution in [0.4, 0.5) is 5.69 Å². The normalized spacial score (nSPS) is 10.8. The largest absolute Gasteiger partial charge is 0.490 e. The quantitative estimate of drug-likeness (QED) is 0.203. The second-order valence-corrected chi connectivity index (χ2v) is 9.87. The maximum Gasteiger partial charge on any atom is 0.271 e. The summed E-state index contributed by atoms with van der Waals surface area (Å²) in [7, 11) is 0. The fraction of sp³-hybridized carbons (Fsp3) is 0.192. The molecule has 0 aliphatic heterocycles. The highest BCUT2D eigenvalue weighted by atomic mass is 79.9. The Bertz CT molecular complexity index is 1300. The first-order valence-electron chi connectivity index (χ1n) is 10.9. The van der Waals surface area contributed by atoms with Crippen molar-refractivity contribution in [1.82, 2.24) is 5.43 Å². The Labute approximate surface area is 231 Å². The van der Waals surface area contributed by atoms with Gasteiger partial charge in [0, 0.05) is 15.1 Å². The highest BCUT2D eigenvalue weighted by Gasteiger charge is 2.15. The number of aryl methyl sites for hydroxylation is 2. The van der Waals surface area contributed by atoms with Crippen molar-refractivity contribution < 1.29 is 19.1 Å². The van der Waals surface area contributed by atoms with E-state index in [1.54, 1.807) is 36.4 Å². The van der Waals surface area contributed by atoms with Crippen LogP contribution in [0, 0.1) is 13.8 Å². The van der Waals surface area contributed by atoms with Crippen LogP contribution in [-0.4, -0.2) is 31.2 Å². The number of hydrazone groups is 1. The Balaban J connectivity index is 1.67. The third-order valence-electron chi connectivity index (χ3n) is 5.02. The summed E-state index contributed by atoms with van der Waals surface area (Å²) in [6.45, 7) is 5.99. The van der Waals surface area contributed by atoms with Crippen molar-refractivity contribution >= 4 is 67.2 Å². The fourth-order valence-electron chi connectivity index (χ4n) is 3.10. The molecule has 10 heteroatoms. The molecule has 0 fully saturated rings. The summed E-state index contributed by atoms with van der Waals surface area (Å²) in [6, 6.07) is 13.8. The molecule has 3 aromatic rings. The summed E-state index contributed by atoms with van der Waals surface area (Å²) in [5, 5.41) is 7.40. The van der Waals surface area contributed by atoms with Gasteiger partial charge in [-0.25, -0.2) is 5.43 Å². The Morgan fingerprint density at radius 3 is 2.39 bits per heavy atom. The zero-order valence-corrected chi connectivity index (χ0v) is 23.8. The summed E-state index contributed by atoms with van der Waals surface area (Å²) in [5.74, 6) is 0.128. The van der Waals surface area contributed by atoms with E-state index in [4.69, 9.17) is 21.1 Å². The van der Waals surface area contributed by atoms with Crippen LogP contribution in [0.5, 0.6) is 11.5 Å². The highest BCUT2D eigenvalue weighted by molar-refractivity contribution is 9.11. The van der Waals surface area contributed by atoms with E-state index >= 15 is 0 Å². The number of anilines is 1. The van der Waals surface area contributed by atoms with Crippen LogP contribution in [0.3, 0.4) is 0 Å². The molecule has 0 aliphatic carbocycles. The van der Waals surface area contributed by atoms with Gasteiger partial charge in [0.05, 0.1) is 23.0 Å². The van der Waals surface area contributed by atoms with Crippen LogP contribution in [0.2, 0.25) is 5.02 Å². The topological polar surface area (TPSA) is 89.0 Å². The molecule has 2 amide bonds. The van der Waals surface area contributed by atoms with Crippen molar-refractivity contribution in [3.8, 4) is 11.5 Å². The molecule has 188 valence electrons. The molecular weight excluding hydrogens is 614 g/mol. The average molecular weight is 638 g/mol. The Hall–Kier alpha value is -2.88. The molecule has 0 aromatic heterocycles. The van der Waals surface area contributed by atoms with E-state index in [-0.39, 0.29) is 18.4 Å². The van der Waals surface area contributed by atoms with Gasteiger partial charge < -0.3 is 14.8 Å². The van der Waals surface area contributed by atoms with Crippen LogP contribution >= 0.6 is 43.5 Å². The first-order chi connectivity index (χ1) is 17.2. The average Bonchev–Trinajstić information content (AvgIpc) is 2.82. The van der Waals surface area contributed by atoms with Gasteiger partial charge in [-0.3, -0.25) is 9.59 Å². The Morgan fingerprint density at radius 1 is 1.00 bits per heavy atom. The molecule has 2 N–H and O–H groups in total. The number of carbonyl (C=O) groups is 2. The number of hydrogen-bond acceptors (Lipinski definition) is 5. The van der Waals surface area contributed by atoms with E-state index in [2.05, 4.69) is 47.7 Å². The van der Waals surface area contributed by atoms with Crippen LogP contribution < -0.4 is 20.2 Å². The number of hydrogen-bond donors (Lipinski definition) is 2. The smallest absolute Gasteiger partial charge is 0.271 e. The molecule has 0 bridgehead atoms. The van der Waals surface area contributed by atoms with Crippen molar-refractivity contribution in [3.63, 3.8) is 0 Å². The van der Waals surface area contributed by atoms with Crippen LogP contribution in [0.15, 0.2) is 62.6 Å². The van der Waals surface area contributed by atoms with Crippen molar-refractivity contribution in [1.29, 1.82) is 0 Å². The van der Waals surface area contributed by atoms with Crippen LogP contribution in [0.25, 0.3) is 0 Å². The lowest BCUT2D eigenvalue weighted by molar-refractivity contribution is -0.118. The van der Waals surface area contributed by atoms with E-state index in [0.717, 1.165) is 15.6 Å². The number of halogens is 3. The molecule has 0 heterocycles. The third-order valence-corrected chi connectivity index (χ3v) is 6.52. The number of nitrogens with zero attached hydrogens (tertiary/aromatic N) is 1. The SMILES string of the molecule is CCOc1cc(/C=N/NC(=O)c2ccc(Cl)cc2)cc(Br)c1OCC(=O)Nc1cc(C)c(C)cc1Br. The van der Waals surface area contributed by atoms with Gasteiger partial charge >= 0.3 is 0 Å². The number of rotatable bonds is 9. The van der Waals surface area contributed by atoms with Crippen molar-refractivity contribution in [2.45, 2.75) is 20.8 Å². The summed E-state index contributed by atoms with van der Waals surface area (Å²) in [5.41, 5.74) is 6.41. The van der Waals surface area contributed by atoms with Crippen molar-refractivity contribution in [3.05, 3.63) is 84.8 Å². The number of benzene rings is 3. The first-order valence-corrected chi connectivity index (χ1v) is 12.9. The van der Waals surface area contributed by atoms with E-state index in [1.807, 2.05) is 32.9 Å². The molecule has 3 aromatic carbocycles. The minimum absolute atomic E-state index is 0.220. The molecule has 7 nitrogen and oxygen atoms in total. The molecule has 0 atom stereocenters. The van der Waals surface area contributed by atoms with Gasteiger partial charge in [-0.05, 0) is 118 Å². The maximum absolute atomic E-state index is 12.5. The zero-order chi connectivity index (χ0) is 26.2. The second kappa shape index (κ2) is 12.9. The molecule has 0 saturated heterocycles. The van der Waals surface area contributed by atoms with Gasteiger partial charge in [0.25, 0.3) is 11.8 Å².